The molecule has 1 heterocycles. The molecule has 0 aliphatic heterocycles. The molecule has 21 heavy (non-hydrogen) atoms. The number of hydrogen-bond acceptors (Lipinski definition) is 3. The van der Waals surface area contributed by atoms with Gasteiger partial charge >= 0.3 is 0 Å². The van der Waals surface area contributed by atoms with Crippen molar-refractivity contribution in [3.05, 3.63) is 63.3 Å². The molecule has 1 aromatic heterocycles. The molecule has 0 fully saturated rings. The standard InChI is InChI=1S/C17H23N3O/c1-4-5-14-6-8-15(9-7-14)16(18)11-20-13(3)19-12(2)10-17(20)21/h6-10,16H,4-5,11,18H2,1-3H3. The van der Waals surface area contributed by atoms with Crippen LogP contribution in [0.15, 0.2) is 35.1 Å². The third-order valence-corrected chi connectivity index (χ3v) is 3.65. The number of nitrogens with zero attached hydrogens (tertiary/aromatic N) is 2. The number of aromatic nitrogens is 2. The second-order valence-corrected chi connectivity index (χ2v) is 5.49. The van der Waals surface area contributed by atoms with Crippen LogP contribution in [0.4, 0.5) is 0 Å². The van der Waals surface area contributed by atoms with Crippen LogP contribution in [0.1, 0.15) is 42.0 Å². The molecule has 0 bridgehead atoms. The smallest absolute Gasteiger partial charge is 0.253 e. The van der Waals surface area contributed by atoms with Crippen LogP contribution < -0.4 is 11.3 Å². The minimum atomic E-state index is -0.207. The van der Waals surface area contributed by atoms with Crippen LogP contribution in [0.3, 0.4) is 0 Å². The number of rotatable bonds is 5. The van der Waals surface area contributed by atoms with Gasteiger partial charge in [0.05, 0.1) is 0 Å². The summed E-state index contributed by atoms with van der Waals surface area (Å²) in [5.41, 5.74) is 9.30. The number of nitrogens with two attached hydrogens (primary N) is 1. The van der Waals surface area contributed by atoms with Crippen LogP contribution in [-0.2, 0) is 13.0 Å². The van der Waals surface area contributed by atoms with Gasteiger partial charge in [-0.1, -0.05) is 37.6 Å². The van der Waals surface area contributed by atoms with E-state index in [-0.39, 0.29) is 11.6 Å². The van der Waals surface area contributed by atoms with Gasteiger partial charge < -0.3 is 5.73 Å². The van der Waals surface area contributed by atoms with Gasteiger partial charge in [0.25, 0.3) is 5.56 Å². The average Bonchev–Trinajstić information content (AvgIpc) is 2.43. The molecule has 112 valence electrons. The van der Waals surface area contributed by atoms with Crippen LogP contribution >= 0.6 is 0 Å². The summed E-state index contributed by atoms with van der Waals surface area (Å²) < 4.78 is 1.64. The molecular formula is C17H23N3O. The highest BCUT2D eigenvalue weighted by Crippen LogP contribution is 2.14. The van der Waals surface area contributed by atoms with Crippen molar-refractivity contribution in [2.45, 2.75) is 46.2 Å². The third kappa shape index (κ3) is 3.79. The molecular weight excluding hydrogens is 262 g/mol. The Labute approximate surface area is 125 Å². The summed E-state index contributed by atoms with van der Waals surface area (Å²) in [7, 11) is 0. The molecule has 1 unspecified atom stereocenters. The quantitative estimate of drug-likeness (QED) is 0.918. The summed E-state index contributed by atoms with van der Waals surface area (Å²) in [4.78, 5) is 16.4. The molecule has 0 saturated carbocycles. The van der Waals surface area contributed by atoms with E-state index in [0.717, 1.165) is 24.1 Å². The van der Waals surface area contributed by atoms with Crippen molar-refractivity contribution in [3.63, 3.8) is 0 Å². The first-order valence-corrected chi connectivity index (χ1v) is 7.40. The van der Waals surface area contributed by atoms with E-state index < -0.39 is 0 Å². The lowest BCUT2D eigenvalue weighted by molar-refractivity contribution is 0.538. The van der Waals surface area contributed by atoms with Crippen molar-refractivity contribution < 1.29 is 0 Å². The lowest BCUT2D eigenvalue weighted by atomic mass is 10.0. The fraction of sp³-hybridized carbons (Fsp3) is 0.412. The molecule has 2 aromatic rings. The van der Waals surface area contributed by atoms with E-state index in [1.165, 1.54) is 5.56 Å². The maximum Gasteiger partial charge on any atom is 0.253 e. The van der Waals surface area contributed by atoms with Crippen LogP contribution in [0.25, 0.3) is 0 Å². The molecule has 0 amide bonds. The largest absolute Gasteiger partial charge is 0.322 e. The topological polar surface area (TPSA) is 60.9 Å². The van der Waals surface area contributed by atoms with Gasteiger partial charge in [-0.25, -0.2) is 4.98 Å². The van der Waals surface area contributed by atoms with Gasteiger partial charge in [0.15, 0.2) is 0 Å². The Bertz CT molecular complexity index is 659. The van der Waals surface area contributed by atoms with E-state index in [1.807, 2.05) is 13.8 Å². The lowest BCUT2D eigenvalue weighted by Crippen LogP contribution is -2.29. The van der Waals surface area contributed by atoms with Gasteiger partial charge in [0.1, 0.15) is 5.82 Å². The van der Waals surface area contributed by atoms with Crippen molar-refractivity contribution in [2.75, 3.05) is 0 Å². The van der Waals surface area contributed by atoms with Crippen molar-refractivity contribution in [2.24, 2.45) is 5.73 Å². The van der Waals surface area contributed by atoms with E-state index in [0.29, 0.717) is 12.4 Å². The number of aryl methyl sites for hydroxylation is 3. The second kappa shape index (κ2) is 6.68. The lowest BCUT2D eigenvalue weighted by Gasteiger charge is -2.16. The number of benzene rings is 1. The molecule has 2 N–H and O–H groups in total. The Hall–Kier alpha value is -1.94. The van der Waals surface area contributed by atoms with Gasteiger partial charge in [-0.05, 0) is 31.4 Å². The highest BCUT2D eigenvalue weighted by Gasteiger charge is 2.10. The van der Waals surface area contributed by atoms with Crippen LogP contribution in [0.2, 0.25) is 0 Å². The second-order valence-electron chi connectivity index (χ2n) is 5.49. The fourth-order valence-corrected chi connectivity index (χ4v) is 2.51. The third-order valence-electron chi connectivity index (χ3n) is 3.65. The minimum Gasteiger partial charge on any atom is -0.322 e. The molecule has 1 aromatic carbocycles. The molecule has 1 atom stereocenters. The van der Waals surface area contributed by atoms with E-state index in [1.54, 1.807) is 10.6 Å². The predicted octanol–water partition coefficient (Wildman–Crippen LogP) is 2.51. The summed E-state index contributed by atoms with van der Waals surface area (Å²) >= 11 is 0. The molecule has 2 rings (SSSR count). The van der Waals surface area contributed by atoms with Gasteiger partial charge in [-0.2, -0.15) is 0 Å². The monoisotopic (exact) mass is 285 g/mol. The zero-order valence-electron chi connectivity index (χ0n) is 13.0. The van der Waals surface area contributed by atoms with E-state index >= 15 is 0 Å². The maximum atomic E-state index is 12.0. The molecule has 4 heteroatoms. The van der Waals surface area contributed by atoms with Gasteiger partial charge in [0.2, 0.25) is 0 Å². The fourth-order valence-electron chi connectivity index (χ4n) is 2.51. The highest BCUT2D eigenvalue weighted by atomic mass is 16.1. The molecule has 0 saturated heterocycles. The molecule has 0 aliphatic rings. The Balaban J connectivity index is 2.18. The first-order chi connectivity index (χ1) is 10.0. The zero-order valence-corrected chi connectivity index (χ0v) is 13.0. The summed E-state index contributed by atoms with van der Waals surface area (Å²) in [6.45, 7) is 6.28. The summed E-state index contributed by atoms with van der Waals surface area (Å²) in [5, 5.41) is 0. The Kier molecular flexibility index (Phi) is 4.91. The van der Waals surface area contributed by atoms with Gasteiger partial charge in [0, 0.05) is 24.3 Å². The maximum absolute atomic E-state index is 12.0. The highest BCUT2D eigenvalue weighted by molar-refractivity contribution is 5.25. The van der Waals surface area contributed by atoms with E-state index in [4.69, 9.17) is 5.73 Å². The first kappa shape index (κ1) is 15.4. The van der Waals surface area contributed by atoms with Gasteiger partial charge in [-0.15, -0.1) is 0 Å². The molecule has 0 aliphatic carbocycles. The first-order valence-electron chi connectivity index (χ1n) is 7.40. The summed E-state index contributed by atoms with van der Waals surface area (Å²) in [5.74, 6) is 0.707. The van der Waals surface area contributed by atoms with Crippen molar-refractivity contribution in [1.82, 2.24) is 9.55 Å². The van der Waals surface area contributed by atoms with E-state index in [2.05, 4.69) is 36.2 Å². The van der Waals surface area contributed by atoms with Crippen LogP contribution in [0, 0.1) is 13.8 Å². The molecule has 0 radical (unpaired) electrons. The SMILES string of the molecule is CCCc1ccc(C(N)Cn2c(C)nc(C)cc2=O)cc1. The van der Waals surface area contributed by atoms with Crippen LogP contribution in [0.5, 0.6) is 0 Å². The molecule has 0 spiro atoms. The number of hydrogen-bond donors (Lipinski definition) is 1. The Morgan fingerprint density at radius 3 is 2.48 bits per heavy atom. The summed E-state index contributed by atoms with van der Waals surface area (Å²) in [6.07, 6.45) is 2.21. The normalized spacial score (nSPS) is 12.4. The summed E-state index contributed by atoms with van der Waals surface area (Å²) in [6, 6.07) is 9.67. The minimum absolute atomic E-state index is 0.0435. The van der Waals surface area contributed by atoms with Crippen LogP contribution in [-0.4, -0.2) is 9.55 Å². The predicted molar refractivity (Wildman–Crippen MR) is 85.3 cm³/mol. The van der Waals surface area contributed by atoms with Crippen molar-refractivity contribution in [1.29, 1.82) is 0 Å². The van der Waals surface area contributed by atoms with Gasteiger partial charge in [-0.3, -0.25) is 9.36 Å². The Morgan fingerprint density at radius 2 is 1.90 bits per heavy atom. The Morgan fingerprint density at radius 1 is 1.24 bits per heavy atom. The zero-order chi connectivity index (χ0) is 15.4. The average molecular weight is 285 g/mol. The van der Waals surface area contributed by atoms with E-state index in [9.17, 15) is 4.79 Å². The molecule has 4 nitrogen and oxygen atoms in total. The van der Waals surface area contributed by atoms with Crippen molar-refractivity contribution in [3.8, 4) is 0 Å². The van der Waals surface area contributed by atoms with Crippen molar-refractivity contribution >= 4 is 0 Å².